The molecule has 1 rings (SSSR count). The topological polar surface area (TPSA) is 17.1 Å². The van der Waals surface area contributed by atoms with Crippen molar-refractivity contribution in [3.8, 4) is 0 Å². The maximum atomic E-state index is 10.9. The summed E-state index contributed by atoms with van der Waals surface area (Å²) in [4.78, 5) is 10.9. The van der Waals surface area contributed by atoms with Crippen LogP contribution in [0.3, 0.4) is 0 Å². The molecule has 0 unspecified atom stereocenters. The van der Waals surface area contributed by atoms with E-state index in [2.05, 4.69) is 26.0 Å². The van der Waals surface area contributed by atoms with Crippen LogP contribution >= 0.6 is 11.6 Å². The van der Waals surface area contributed by atoms with E-state index >= 15 is 0 Å². The highest BCUT2D eigenvalue weighted by Crippen LogP contribution is 2.17. The minimum Gasteiger partial charge on any atom is -0.281 e. The van der Waals surface area contributed by atoms with Gasteiger partial charge in [-0.1, -0.05) is 32.0 Å². The Labute approximate surface area is 90.1 Å². The monoisotopic (exact) mass is 210 g/mol. The van der Waals surface area contributed by atoms with Gasteiger partial charge in [0.25, 0.3) is 0 Å². The minimum atomic E-state index is -0.277. The second-order valence-corrected chi connectivity index (χ2v) is 3.72. The first-order valence-electron chi connectivity index (χ1n) is 4.97. The largest absolute Gasteiger partial charge is 0.281 e. The van der Waals surface area contributed by atoms with Crippen LogP contribution in [0.25, 0.3) is 0 Å². The molecule has 1 aromatic rings. The summed E-state index contributed by atoms with van der Waals surface area (Å²) in [7, 11) is 0. The number of aryl methyl sites for hydroxylation is 2. The molecule has 0 saturated carbocycles. The number of hydrogen-bond donors (Lipinski definition) is 0. The number of benzene rings is 1. The Kier molecular flexibility index (Phi) is 4.15. The fraction of sp³-hybridized carbons (Fsp3) is 0.417. The van der Waals surface area contributed by atoms with Crippen molar-refractivity contribution < 1.29 is 4.79 Å². The lowest BCUT2D eigenvalue weighted by Crippen LogP contribution is -2.03. The highest BCUT2D eigenvalue weighted by atomic mass is 35.5. The van der Waals surface area contributed by atoms with Crippen molar-refractivity contribution >= 4 is 16.8 Å². The predicted molar refractivity (Wildman–Crippen MR) is 59.8 cm³/mol. The zero-order valence-electron chi connectivity index (χ0n) is 8.64. The Morgan fingerprint density at radius 1 is 1.21 bits per heavy atom. The van der Waals surface area contributed by atoms with Crippen LogP contribution in [0.5, 0.6) is 0 Å². The van der Waals surface area contributed by atoms with Gasteiger partial charge in [0.15, 0.2) is 0 Å². The third-order valence-electron chi connectivity index (χ3n) is 2.45. The quantitative estimate of drug-likeness (QED) is 0.698. The molecule has 0 radical (unpaired) electrons. The van der Waals surface area contributed by atoms with Crippen molar-refractivity contribution in [3.05, 3.63) is 34.9 Å². The fourth-order valence-corrected chi connectivity index (χ4v) is 1.85. The molecule has 0 atom stereocenters. The van der Waals surface area contributed by atoms with E-state index in [0.29, 0.717) is 6.42 Å². The summed E-state index contributed by atoms with van der Waals surface area (Å²) in [5, 5.41) is -0.277. The molecule has 0 aliphatic heterocycles. The van der Waals surface area contributed by atoms with E-state index in [1.54, 1.807) is 0 Å². The summed E-state index contributed by atoms with van der Waals surface area (Å²) in [5.41, 5.74) is 3.59. The molecule has 0 amide bonds. The molecule has 0 saturated heterocycles. The Morgan fingerprint density at radius 3 is 2.07 bits per heavy atom. The van der Waals surface area contributed by atoms with E-state index in [9.17, 15) is 4.79 Å². The average molecular weight is 211 g/mol. The van der Waals surface area contributed by atoms with Crippen LogP contribution in [0.15, 0.2) is 18.2 Å². The predicted octanol–water partition coefficient (Wildman–Crippen LogP) is 3.12. The van der Waals surface area contributed by atoms with Gasteiger partial charge in [0.2, 0.25) is 5.24 Å². The van der Waals surface area contributed by atoms with Crippen molar-refractivity contribution in [2.45, 2.75) is 33.1 Å². The molecule has 2 heteroatoms. The van der Waals surface area contributed by atoms with Crippen molar-refractivity contribution in [2.75, 3.05) is 0 Å². The number of carbonyl (C=O) groups is 1. The van der Waals surface area contributed by atoms with Gasteiger partial charge in [0.05, 0.1) is 0 Å². The molecule has 14 heavy (non-hydrogen) atoms. The molecule has 0 fully saturated rings. The molecule has 0 bridgehead atoms. The number of halogens is 1. The van der Waals surface area contributed by atoms with E-state index in [-0.39, 0.29) is 5.24 Å². The average Bonchev–Trinajstić information content (AvgIpc) is 2.17. The van der Waals surface area contributed by atoms with Crippen molar-refractivity contribution in [1.82, 2.24) is 0 Å². The molecule has 0 aromatic heterocycles. The summed E-state index contributed by atoms with van der Waals surface area (Å²) in [6, 6.07) is 6.17. The third-order valence-corrected chi connectivity index (χ3v) is 2.58. The summed E-state index contributed by atoms with van der Waals surface area (Å²) >= 11 is 5.43. The van der Waals surface area contributed by atoms with Crippen LogP contribution in [-0.4, -0.2) is 5.24 Å². The summed E-state index contributed by atoms with van der Waals surface area (Å²) in [6.07, 6.45) is 2.26. The van der Waals surface area contributed by atoms with Crippen LogP contribution in [-0.2, 0) is 24.1 Å². The van der Waals surface area contributed by atoms with Crippen LogP contribution < -0.4 is 0 Å². The van der Waals surface area contributed by atoms with E-state index in [1.807, 2.05) is 6.07 Å². The van der Waals surface area contributed by atoms with Gasteiger partial charge >= 0.3 is 0 Å². The SMILES string of the molecule is CCc1cccc(CC)c1CC(=O)Cl. The van der Waals surface area contributed by atoms with Gasteiger partial charge in [0.1, 0.15) is 0 Å². The van der Waals surface area contributed by atoms with Crippen LogP contribution in [0.4, 0.5) is 0 Å². The summed E-state index contributed by atoms with van der Waals surface area (Å²) < 4.78 is 0. The van der Waals surface area contributed by atoms with E-state index < -0.39 is 0 Å². The summed E-state index contributed by atoms with van der Waals surface area (Å²) in [6.45, 7) is 4.19. The van der Waals surface area contributed by atoms with Gasteiger partial charge in [0, 0.05) is 6.42 Å². The van der Waals surface area contributed by atoms with Crippen molar-refractivity contribution in [3.63, 3.8) is 0 Å². The molecule has 0 N–H and O–H groups in total. The molecule has 1 nitrogen and oxygen atoms in total. The Morgan fingerprint density at radius 2 is 1.71 bits per heavy atom. The fourth-order valence-electron chi connectivity index (χ4n) is 1.72. The summed E-state index contributed by atoms with van der Waals surface area (Å²) in [5.74, 6) is 0. The molecular formula is C12H15ClO. The number of rotatable bonds is 4. The van der Waals surface area contributed by atoms with E-state index in [1.165, 1.54) is 11.1 Å². The maximum Gasteiger partial charge on any atom is 0.226 e. The van der Waals surface area contributed by atoms with Crippen LogP contribution in [0.2, 0.25) is 0 Å². The van der Waals surface area contributed by atoms with Crippen molar-refractivity contribution in [1.29, 1.82) is 0 Å². The van der Waals surface area contributed by atoms with Crippen LogP contribution in [0, 0.1) is 0 Å². The first-order chi connectivity index (χ1) is 6.69. The molecule has 76 valence electrons. The lowest BCUT2D eigenvalue weighted by molar-refractivity contribution is -0.111. The standard InChI is InChI=1S/C12H15ClO/c1-3-9-6-5-7-10(4-2)11(9)8-12(13)14/h5-7H,3-4,8H2,1-2H3. The van der Waals surface area contributed by atoms with Gasteiger partial charge in [-0.3, -0.25) is 4.79 Å². The molecule has 0 heterocycles. The van der Waals surface area contributed by atoms with Gasteiger partial charge < -0.3 is 0 Å². The minimum absolute atomic E-state index is 0.277. The highest BCUT2D eigenvalue weighted by molar-refractivity contribution is 6.63. The Balaban J connectivity index is 3.12. The van der Waals surface area contributed by atoms with E-state index in [0.717, 1.165) is 18.4 Å². The molecule has 0 aliphatic carbocycles. The van der Waals surface area contributed by atoms with Gasteiger partial charge in [-0.25, -0.2) is 0 Å². The van der Waals surface area contributed by atoms with E-state index in [4.69, 9.17) is 11.6 Å². The zero-order valence-corrected chi connectivity index (χ0v) is 9.40. The Bertz CT molecular complexity index is 309. The van der Waals surface area contributed by atoms with Crippen LogP contribution in [0.1, 0.15) is 30.5 Å². The number of hydrogen-bond acceptors (Lipinski definition) is 1. The maximum absolute atomic E-state index is 10.9. The highest BCUT2D eigenvalue weighted by Gasteiger charge is 2.08. The molecular weight excluding hydrogens is 196 g/mol. The van der Waals surface area contributed by atoms with Crippen molar-refractivity contribution in [2.24, 2.45) is 0 Å². The number of carbonyl (C=O) groups excluding carboxylic acids is 1. The molecule has 1 aromatic carbocycles. The molecule has 0 spiro atoms. The smallest absolute Gasteiger partial charge is 0.226 e. The van der Waals surface area contributed by atoms with Gasteiger partial charge in [-0.15, -0.1) is 0 Å². The second kappa shape index (κ2) is 5.16. The Hall–Kier alpha value is -0.820. The third kappa shape index (κ3) is 2.58. The first-order valence-corrected chi connectivity index (χ1v) is 5.34. The first kappa shape index (κ1) is 11.3. The zero-order chi connectivity index (χ0) is 10.6. The second-order valence-electron chi connectivity index (χ2n) is 3.29. The van der Waals surface area contributed by atoms with Gasteiger partial charge in [-0.2, -0.15) is 0 Å². The lowest BCUT2D eigenvalue weighted by atomic mass is 9.96. The lowest BCUT2D eigenvalue weighted by Gasteiger charge is -2.10. The normalized spacial score (nSPS) is 10.2. The van der Waals surface area contributed by atoms with Gasteiger partial charge in [-0.05, 0) is 41.1 Å². The molecule has 0 aliphatic rings.